The van der Waals surface area contributed by atoms with Gasteiger partial charge in [0, 0.05) is 11.8 Å². The van der Waals surface area contributed by atoms with Gasteiger partial charge in [-0.15, -0.1) is 0 Å². The molecule has 3 rings (SSSR count). The van der Waals surface area contributed by atoms with E-state index in [1.165, 1.54) is 31.2 Å². The molecule has 1 aliphatic carbocycles. The lowest BCUT2D eigenvalue weighted by atomic mass is 10.00. The van der Waals surface area contributed by atoms with Crippen LogP contribution in [0.4, 0.5) is 0 Å². The molecule has 3 nitrogen and oxygen atoms in total. The van der Waals surface area contributed by atoms with Crippen LogP contribution in [-0.2, 0) is 0 Å². The van der Waals surface area contributed by atoms with Crippen molar-refractivity contribution in [2.24, 2.45) is 5.92 Å². The van der Waals surface area contributed by atoms with Crippen molar-refractivity contribution in [2.45, 2.75) is 50.7 Å². The van der Waals surface area contributed by atoms with Crippen molar-refractivity contribution in [3.05, 3.63) is 23.8 Å². The minimum Gasteiger partial charge on any atom is -0.333 e. The SMILES string of the molecule is CCNC(CSc1nc2ccc(C)cc2[nH]1)C1CCCC1. The van der Waals surface area contributed by atoms with Gasteiger partial charge in [0.2, 0.25) is 0 Å². The van der Waals surface area contributed by atoms with Gasteiger partial charge in [-0.1, -0.05) is 37.6 Å². The number of aromatic nitrogens is 2. The van der Waals surface area contributed by atoms with Crippen LogP contribution in [-0.4, -0.2) is 28.3 Å². The van der Waals surface area contributed by atoms with Crippen LogP contribution in [0.15, 0.2) is 23.4 Å². The van der Waals surface area contributed by atoms with Crippen molar-refractivity contribution in [1.29, 1.82) is 0 Å². The summed E-state index contributed by atoms with van der Waals surface area (Å²) in [6.07, 6.45) is 5.58. The number of aromatic amines is 1. The molecule has 0 radical (unpaired) electrons. The summed E-state index contributed by atoms with van der Waals surface area (Å²) in [6, 6.07) is 7.02. The fourth-order valence-corrected chi connectivity index (χ4v) is 4.39. The third kappa shape index (κ3) is 3.61. The molecule has 1 atom stereocenters. The number of hydrogen-bond donors (Lipinski definition) is 2. The van der Waals surface area contributed by atoms with Crippen LogP contribution in [0.5, 0.6) is 0 Å². The highest BCUT2D eigenvalue weighted by molar-refractivity contribution is 7.99. The summed E-state index contributed by atoms with van der Waals surface area (Å²) in [6.45, 7) is 5.38. The molecule has 1 aromatic heterocycles. The zero-order chi connectivity index (χ0) is 14.7. The smallest absolute Gasteiger partial charge is 0.166 e. The number of nitrogens with one attached hydrogen (secondary N) is 2. The summed E-state index contributed by atoms with van der Waals surface area (Å²) in [5.41, 5.74) is 3.50. The third-order valence-electron chi connectivity index (χ3n) is 4.45. The van der Waals surface area contributed by atoms with E-state index in [4.69, 9.17) is 4.98 Å². The van der Waals surface area contributed by atoms with E-state index >= 15 is 0 Å². The first-order valence-corrected chi connectivity index (χ1v) is 9.07. The number of nitrogens with zero attached hydrogens (tertiary/aromatic N) is 1. The summed E-state index contributed by atoms with van der Waals surface area (Å²) < 4.78 is 0. The lowest BCUT2D eigenvalue weighted by Crippen LogP contribution is -2.37. The van der Waals surface area contributed by atoms with Gasteiger partial charge in [0.25, 0.3) is 0 Å². The summed E-state index contributed by atoms with van der Waals surface area (Å²) in [5.74, 6) is 1.96. The fraction of sp³-hybridized carbons (Fsp3) is 0.588. The maximum Gasteiger partial charge on any atom is 0.166 e. The molecule has 0 aliphatic heterocycles. The topological polar surface area (TPSA) is 40.7 Å². The molecule has 0 bridgehead atoms. The zero-order valence-electron chi connectivity index (χ0n) is 13.0. The minimum atomic E-state index is 0.623. The number of aryl methyl sites for hydroxylation is 1. The molecule has 0 amide bonds. The van der Waals surface area contributed by atoms with E-state index in [0.717, 1.165) is 34.4 Å². The second-order valence-electron chi connectivity index (χ2n) is 6.08. The van der Waals surface area contributed by atoms with Crippen LogP contribution in [0, 0.1) is 12.8 Å². The molecule has 1 saturated carbocycles. The van der Waals surface area contributed by atoms with Crippen LogP contribution in [0.2, 0.25) is 0 Å². The first kappa shape index (κ1) is 14.9. The third-order valence-corrected chi connectivity index (χ3v) is 5.44. The maximum absolute atomic E-state index is 4.69. The largest absolute Gasteiger partial charge is 0.333 e. The van der Waals surface area contributed by atoms with Gasteiger partial charge in [-0.2, -0.15) is 0 Å². The van der Waals surface area contributed by atoms with Crippen molar-refractivity contribution in [2.75, 3.05) is 12.3 Å². The van der Waals surface area contributed by atoms with Gasteiger partial charge < -0.3 is 10.3 Å². The van der Waals surface area contributed by atoms with Gasteiger partial charge in [0.15, 0.2) is 5.16 Å². The second kappa shape index (κ2) is 6.84. The van der Waals surface area contributed by atoms with E-state index < -0.39 is 0 Å². The summed E-state index contributed by atoms with van der Waals surface area (Å²) in [4.78, 5) is 8.14. The molecule has 4 heteroatoms. The Bertz CT molecular complexity index is 587. The fourth-order valence-electron chi connectivity index (χ4n) is 3.32. The average Bonchev–Trinajstić information content (AvgIpc) is 3.12. The van der Waals surface area contributed by atoms with Gasteiger partial charge >= 0.3 is 0 Å². The van der Waals surface area contributed by atoms with E-state index in [9.17, 15) is 0 Å². The van der Waals surface area contributed by atoms with E-state index in [1.807, 2.05) is 11.8 Å². The molecular weight excluding hydrogens is 278 g/mol. The number of benzene rings is 1. The lowest BCUT2D eigenvalue weighted by molar-refractivity contribution is 0.394. The van der Waals surface area contributed by atoms with Gasteiger partial charge in [-0.05, 0) is 49.9 Å². The van der Waals surface area contributed by atoms with Gasteiger partial charge in [0.1, 0.15) is 0 Å². The zero-order valence-corrected chi connectivity index (χ0v) is 13.8. The second-order valence-corrected chi connectivity index (χ2v) is 7.09. The molecule has 1 fully saturated rings. The van der Waals surface area contributed by atoms with Crippen LogP contribution < -0.4 is 5.32 Å². The summed E-state index contributed by atoms with van der Waals surface area (Å²) in [7, 11) is 0. The van der Waals surface area contributed by atoms with E-state index in [0.29, 0.717) is 6.04 Å². The van der Waals surface area contributed by atoms with Crippen LogP contribution in [0.25, 0.3) is 11.0 Å². The van der Waals surface area contributed by atoms with E-state index in [1.54, 1.807) is 0 Å². The van der Waals surface area contributed by atoms with Crippen molar-refractivity contribution < 1.29 is 0 Å². The molecule has 1 heterocycles. The molecule has 114 valence electrons. The Hall–Kier alpha value is -1.00. The molecule has 21 heavy (non-hydrogen) atoms. The quantitative estimate of drug-likeness (QED) is 0.788. The molecule has 2 N–H and O–H groups in total. The van der Waals surface area contributed by atoms with Crippen LogP contribution in [0.3, 0.4) is 0 Å². The van der Waals surface area contributed by atoms with Crippen LogP contribution in [0.1, 0.15) is 38.2 Å². The summed E-state index contributed by atoms with van der Waals surface area (Å²) >= 11 is 1.86. The van der Waals surface area contributed by atoms with Gasteiger partial charge in [-0.3, -0.25) is 0 Å². The Morgan fingerprint density at radius 3 is 2.95 bits per heavy atom. The predicted molar refractivity (Wildman–Crippen MR) is 91.0 cm³/mol. The molecule has 1 aliphatic rings. The lowest BCUT2D eigenvalue weighted by Gasteiger charge is -2.23. The molecule has 0 spiro atoms. The first-order valence-electron chi connectivity index (χ1n) is 8.09. The molecular formula is C17H25N3S. The average molecular weight is 303 g/mol. The Morgan fingerprint density at radius 1 is 1.38 bits per heavy atom. The molecule has 0 saturated heterocycles. The Kier molecular flexibility index (Phi) is 4.86. The van der Waals surface area contributed by atoms with Crippen molar-refractivity contribution in [3.63, 3.8) is 0 Å². The standard InChI is InChI=1S/C17H25N3S/c1-3-18-16(13-6-4-5-7-13)11-21-17-19-14-9-8-12(2)10-15(14)20-17/h8-10,13,16,18H,3-7,11H2,1-2H3,(H,19,20). The number of imidazole rings is 1. The minimum absolute atomic E-state index is 0.623. The highest BCUT2D eigenvalue weighted by Crippen LogP contribution is 2.30. The van der Waals surface area contributed by atoms with Crippen molar-refractivity contribution >= 4 is 22.8 Å². The number of hydrogen-bond acceptors (Lipinski definition) is 3. The van der Waals surface area contributed by atoms with E-state index in [2.05, 4.69) is 42.3 Å². The molecule has 1 unspecified atom stereocenters. The van der Waals surface area contributed by atoms with E-state index in [-0.39, 0.29) is 0 Å². The van der Waals surface area contributed by atoms with Crippen molar-refractivity contribution in [3.8, 4) is 0 Å². The Labute approximate surface area is 131 Å². The number of thioether (sulfide) groups is 1. The van der Waals surface area contributed by atoms with Crippen molar-refractivity contribution in [1.82, 2.24) is 15.3 Å². The van der Waals surface area contributed by atoms with Gasteiger partial charge in [-0.25, -0.2) is 4.98 Å². The molecule has 1 aromatic carbocycles. The Morgan fingerprint density at radius 2 is 2.19 bits per heavy atom. The normalized spacial score (nSPS) is 17.6. The number of fused-ring (bicyclic) bond motifs is 1. The highest BCUT2D eigenvalue weighted by atomic mass is 32.2. The van der Waals surface area contributed by atoms with Gasteiger partial charge in [0.05, 0.1) is 11.0 Å². The number of H-pyrrole nitrogens is 1. The predicted octanol–water partition coefficient (Wildman–Crippen LogP) is 4.13. The Balaban J connectivity index is 1.65. The maximum atomic E-state index is 4.69. The first-order chi connectivity index (χ1) is 10.3. The summed E-state index contributed by atoms with van der Waals surface area (Å²) in [5, 5.41) is 4.73. The van der Waals surface area contributed by atoms with Crippen LogP contribution >= 0.6 is 11.8 Å². The number of rotatable bonds is 6. The molecule has 2 aromatic rings. The highest BCUT2D eigenvalue weighted by Gasteiger charge is 2.24. The monoisotopic (exact) mass is 303 g/mol.